The number of para-hydroxylation sites is 1. The molecule has 3 nitrogen and oxygen atoms in total. The van der Waals surface area contributed by atoms with Crippen LogP contribution in [0.25, 0.3) is 0 Å². The summed E-state index contributed by atoms with van der Waals surface area (Å²) in [6.07, 6.45) is 0.403. The van der Waals surface area contributed by atoms with E-state index in [0.29, 0.717) is 12.2 Å². The summed E-state index contributed by atoms with van der Waals surface area (Å²) < 4.78 is 15.4. The van der Waals surface area contributed by atoms with E-state index in [4.69, 9.17) is 4.74 Å². The van der Waals surface area contributed by atoms with E-state index in [1.165, 1.54) is 0 Å². The van der Waals surface area contributed by atoms with Crippen LogP contribution in [-0.4, -0.2) is 15.0 Å². The van der Waals surface area contributed by atoms with Crippen molar-refractivity contribution in [3.63, 3.8) is 0 Å². The quantitative estimate of drug-likeness (QED) is 0.430. The Bertz CT molecular complexity index is 366. The van der Waals surface area contributed by atoms with Crippen LogP contribution in [-0.2, 0) is 16.1 Å². The van der Waals surface area contributed by atoms with Gasteiger partial charge >= 0.3 is 5.97 Å². The number of ether oxygens (including phenoxy) is 1. The predicted molar refractivity (Wildman–Crippen MR) is 55.5 cm³/mol. The molecule has 1 aromatic carbocycles. The van der Waals surface area contributed by atoms with Crippen LogP contribution >= 0.6 is 0 Å². The third-order valence-electron chi connectivity index (χ3n) is 1.60. The van der Waals surface area contributed by atoms with Gasteiger partial charge in [-0.2, -0.15) is 0 Å². The van der Waals surface area contributed by atoms with E-state index >= 15 is 0 Å². The van der Waals surface area contributed by atoms with Crippen LogP contribution in [0.3, 0.4) is 0 Å². The van der Waals surface area contributed by atoms with Crippen LogP contribution in [0.1, 0.15) is 13.3 Å². The number of hydrogen-bond acceptors (Lipinski definition) is 3. The summed E-state index contributed by atoms with van der Waals surface area (Å²) in [6, 6.07) is 8.68. The largest absolute Gasteiger partial charge is 0.423 e. The van der Waals surface area contributed by atoms with Crippen molar-refractivity contribution in [2.45, 2.75) is 13.3 Å². The molecule has 0 amide bonds. The summed E-state index contributed by atoms with van der Waals surface area (Å²) in [5.41, 5.74) is 0. The van der Waals surface area contributed by atoms with E-state index < -0.39 is 5.97 Å². The monoisotopic (exact) mass is 210 g/mol. The van der Waals surface area contributed by atoms with Crippen LogP contribution in [0, 0.1) is 0 Å². The molecular formula is C10H10O3S. The van der Waals surface area contributed by atoms with Gasteiger partial charge in [0.1, 0.15) is 10.6 Å². The van der Waals surface area contributed by atoms with Gasteiger partial charge in [-0.1, -0.05) is 25.1 Å². The van der Waals surface area contributed by atoms with Crippen LogP contribution in [0.2, 0.25) is 0 Å². The summed E-state index contributed by atoms with van der Waals surface area (Å²) in [5.74, 6) is -0.101. The van der Waals surface area contributed by atoms with Gasteiger partial charge in [0.05, 0.1) is 11.3 Å². The molecule has 0 N–H and O–H groups in total. The minimum absolute atomic E-state index is 0.189. The molecule has 0 bridgehead atoms. The summed E-state index contributed by atoms with van der Waals surface area (Å²) in [7, 11) is 0. The Balaban J connectivity index is 2.71. The maximum Gasteiger partial charge on any atom is 0.352 e. The smallest absolute Gasteiger partial charge is 0.352 e. The zero-order valence-electron chi connectivity index (χ0n) is 7.73. The molecule has 0 fully saturated rings. The highest BCUT2D eigenvalue weighted by Gasteiger charge is 2.10. The minimum atomic E-state index is -0.557. The highest BCUT2D eigenvalue weighted by atomic mass is 32.1. The molecule has 0 saturated heterocycles. The molecule has 0 unspecified atom stereocenters. The van der Waals surface area contributed by atoms with Gasteiger partial charge in [-0.15, -0.1) is 0 Å². The molecule has 4 heteroatoms. The number of benzene rings is 1. The molecule has 0 aliphatic rings. The number of esters is 1. The molecular weight excluding hydrogens is 200 g/mol. The second kappa shape index (κ2) is 5.34. The SMILES string of the molecule is CCC(=S=O)C(=O)Oc1ccccc1. The topological polar surface area (TPSA) is 43.4 Å². The summed E-state index contributed by atoms with van der Waals surface area (Å²) in [5, 5.41) is 0. The summed E-state index contributed by atoms with van der Waals surface area (Å²) >= 11 is 0.189. The van der Waals surface area contributed by atoms with E-state index in [0.717, 1.165) is 0 Å². The lowest BCUT2D eigenvalue weighted by Crippen LogP contribution is -2.19. The van der Waals surface area contributed by atoms with Crippen molar-refractivity contribution >= 4 is 22.1 Å². The first-order valence-electron chi connectivity index (χ1n) is 4.20. The number of hydrogen-bond donors (Lipinski definition) is 0. The van der Waals surface area contributed by atoms with Crippen molar-refractivity contribution in [1.29, 1.82) is 0 Å². The first kappa shape index (κ1) is 10.7. The number of rotatable bonds is 3. The fourth-order valence-corrected chi connectivity index (χ4v) is 1.12. The zero-order chi connectivity index (χ0) is 10.4. The van der Waals surface area contributed by atoms with Gasteiger partial charge < -0.3 is 4.74 Å². The van der Waals surface area contributed by atoms with Gasteiger partial charge in [0, 0.05) is 0 Å². The number of carbonyl (C=O) groups excluding carboxylic acids is 1. The zero-order valence-corrected chi connectivity index (χ0v) is 8.54. The molecule has 1 aromatic rings. The van der Waals surface area contributed by atoms with Crippen molar-refractivity contribution < 1.29 is 13.7 Å². The fourth-order valence-electron chi connectivity index (χ4n) is 0.890. The Hall–Kier alpha value is -1.42. The lowest BCUT2D eigenvalue weighted by Gasteiger charge is -2.02. The molecule has 14 heavy (non-hydrogen) atoms. The summed E-state index contributed by atoms with van der Waals surface area (Å²) in [6.45, 7) is 1.74. The molecule has 0 atom stereocenters. The van der Waals surface area contributed by atoms with Gasteiger partial charge in [0.15, 0.2) is 0 Å². The van der Waals surface area contributed by atoms with Gasteiger partial charge in [-0.25, -0.2) is 9.00 Å². The Labute approximate surface area is 85.8 Å². The van der Waals surface area contributed by atoms with Crippen molar-refractivity contribution in [2.75, 3.05) is 0 Å². The van der Waals surface area contributed by atoms with Crippen molar-refractivity contribution in [3.05, 3.63) is 30.3 Å². The normalized spacial score (nSPS) is 9.21. The Morgan fingerprint density at radius 2 is 2.00 bits per heavy atom. The predicted octanol–water partition coefficient (Wildman–Crippen LogP) is 1.39. The van der Waals surface area contributed by atoms with Crippen molar-refractivity contribution in [2.24, 2.45) is 0 Å². The highest BCUT2D eigenvalue weighted by Crippen LogP contribution is 2.08. The molecule has 0 aliphatic carbocycles. The van der Waals surface area contributed by atoms with Gasteiger partial charge in [0.25, 0.3) is 0 Å². The molecule has 0 aliphatic heterocycles. The Morgan fingerprint density at radius 1 is 1.36 bits per heavy atom. The second-order valence-corrected chi connectivity index (χ2v) is 3.22. The van der Waals surface area contributed by atoms with E-state index in [9.17, 15) is 9.00 Å². The Morgan fingerprint density at radius 3 is 2.50 bits per heavy atom. The molecule has 74 valence electrons. The van der Waals surface area contributed by atoms with Gasteiger partial charge in [0.2, 0.25) is 0 Å². The van der Waals surface area contributed by atoms with Gasteiger partial charge in [-0.3, -0.25) is 0 Å². The lowest BCUT2D eigenvalue weighted by atomic mass is 10.3. The average molecular weight is 210 g/mol. The fraction of sp³-hybridized carbons (Fsp3) is 0.200. The molecule has 0 aromatic heterocycles. The molecule has 0 spiro atoms. The molecule has 0 radical (unpaired) electrons. The minimum Gasteiger partial charge on any atom is -0.423 e. The van der Waals surface area contributed by atoms with Crippen LogP contribution in [0.5, 0.6) is 5.75 Å². The van der Waals surface area contributed by atoms with E-state index in [1.54, 1.807) is 31.2 Å². The van der Waals surface area contributed by atoms with Crippen molar-refractivity contribution in [3.8, 4) is 5.75 Å². The molecule has 1 rings (SSSR count). The Kier molecular flexibility index (Phi) is 4.07. The van der Waals surface area contributed by atoms with Gasteiger partial charge in [-0.05, 0) is 18.6 Å². The first-order chi connectivity index (χ1) is 6.77. The maximum absolute atomic E-state index is 11.3. The molecule has 0 saturated carbocycles. The standard InChI is InChI=1S/C10H10O3S/c1-2-9(14-12)10(11)13-8-6-4-3-5-7-8/h3-7H,2H2,1H3. The first-order valence-corrected chi connectivity index (χ1v) is 4.95. The van der Waals surface area contributed by atoms with Crippen LogP contribution < -0.4 is 4.74 Å². The van der Waals surface area contributed by atoms with E-state index in [2.05, 4.69) is 0 Å². The highest BCUT2D eigenvalue weighted by molar-refractivity contribution is 7.68. The van der Waals surface area contributed by atoms with E-state index in [1.807, 2.05) is 6.07 Å². The third kappa shape index (κ3) is 2.81. The average Bonchev–Trinajstić information content (AvgIpc) is 2.21. The maximum atomic E-state index is 11.3. The van der Waals surface area contributed by atoms with Crippen LogP contribution in [0.15, 0.2) is 30.3 Å². The van der Waals surface area contributed by atoms with Crippen LogP contribution in [0.4, 0.5) is 0 Å². The number of carbonyl (C=O) groups is 1. The van der Waals surface area contributed by atoms with Crippen molar-refractivity contribution in [1.82, 2.24) is 0 Å². The van der Waals surface area contributed by atoms with E-state index in [-0.39, 0.29) is 16.1 Å². The lowest BCUT2D eigenvalue weighted by molar-refractivity contribution is -0.126. The second-order valence-electron chi connectivity index (χ2n) is 2.56. The third-order valence-corrected chi connectivity index (χ3v) is 2.26. The molecule has 0 heterocycles. The summed E-state index contributed by atoms with van der Waals surface area (Å²) in [4.78, 5) is 11.5.